The molecule has 1 aliphatic carbocycles. The Morgan fingerprint density at radius 2 is 2.00 bits per heavy atom. The van der Waals surface area contributed by atoms with Crippen LogP contribution in [0.2, 0.25) is 0 Å². The van der Waals surface area contributed by atoms with Crippen LogP contribution in [0.4, 0.5) is 0 Å². The first-order valence-corrected chi connectivity index (χ1v) is 6.74. The van der Waals surface area contributed by atoms with Gasteiger partial charge in [0.25, 0.3) is 0 Å². The van der Waals surface area contributed by atoms with Crippen LogP contribution in [-0.2, 0) is 4.79 Å². The molecule has 0 heterocycles. The number of hydrogen-bond acceptors (Lipinski definition) is 1. The largest absolute Gasteiger partial charge is 0.299 e. The number of Topliss-reactive ketones (excluding diaryl/α,β-unsaturated/α-hetero) is 1. The lowest BCUT2D eigenvalue weighted by Gasteiger charge is -2.27. The Morgan fingerprint density at radius 3 is 2.56 bits per heavy atom. The van der Waals surface area contributed by atoms with Gasteiger partial charge in [0.05, 0.1) is 0 Å². The van der Waals surface area contributed by atoms with Crippen LogP contribution < -0.4 is 0 Å². The summed E-state index contributed by atoms with van der Waals surface area (Å²) in [6.45, 7) is 2.25. The number of hydrogen-bond donors (Lipinski definition) is 0. The van der Waals surface area contributed by atoms with E-state index in [1.807, 2.05) is 0 Å². The van der Waals surface area contributed by atoms with E-state index in [2.05, 4.69) is 12.8 Å². The second-order valence-electron chi connectivity index (χ2n) is 5.03. The quantitative estimate of drug-likeness (QED) is 0.619. The smallest absolute Gasteiger partial charge is 0.136 e. The maximum atomic E-state index is 11.8. The van der Waals surface area contributed by atoms with Crippen LogP contribution in [0, 0.1) is 24.2 Å². The Kier molecular flexibility index (Phi) is 6.23. The molecule has 0 radical (unpaired) electrons. The summed E-state index contributed by atoms with van der Waals surface area (Å²) in [6.07, 6.45) is 15.1. The molecule has 0 amide bonds. The lowest BCUT2D eigenvalue weighted by Crippen LogP contribution is -2.21. The summed E-state index contributed by atoms with van der Waals surface area (Å²) in [5.41, 5.74) is 0. The number of unbranched alkanes of at least 4 members (excludes halogenated alkanes) is 1. The van der Waals surface area contributed by atoms with Crippen molar-refractivity contribution < 1.29 is 4.79 Å². The van der Waals surface area contributed by atoms with Gasteiger partial charge in [-0.1, -0.05) is 26.2 Å². The highest BCUT2D eigenvalue weighted by atomic mass is 16.1. The van der Waals surface area contributed by atoms with Crippen molar-refractivity contribution in [1.29, 1.82) is 0 Å². The Labute approximate surface area is 100 Å². The first-order chi connectivity index (χ1) is 7.77. The van der Waals surface area contributed by atoms with E-state index in [0.717, 1.165) is 18.8 Å². The summed E-state index contributed by atoms with van der Waals surface area (Å²) in [4.78, 5) is 11.8. The lowest BCUT2D eigenvalue weighted by molar-refractivity contribution is -0.124. The zero-order chi connectivity index (χ0) is 11.8. The van der Waals surface area contributed by atoms with E-state index in [0.29, 0.717) is 24.5 Å². The highest BCUT2D eigenvalue weighted by Crippen LogP contribution is 2.32. The Balaban J connectivity index is 2.21. The number of terminal acetylenes is 1. The normalized spacial score (nSPS) is 25.0. The van der Waals surface area contributed by atoms with Crippen LogP contribution in [0.3, 0.4) is 0 Å². The molecule has 0 atom stereocenters. The lowest BCUT2D eigenvalue weighted by atomic mass is 9.77. The van der Waals surface area contributed by atoms with Crippen LogP contribution in [0.15, 0.2) is 0 Å². The maximum absolute atomic E-state index is 11.8. The molecule has 1 nitrogen and oxygen atoms in total. The molecule has 0 bridgehead atoms. The Bertz CT molecular complexity index is 241. The molecule has 16 heavy (non-hydrogen) atoms. The first kappa shape index (κ1) is 13.3. The molecule has 0 unspecified atom stereocenters. The van der Waals surface area contributed by atoms with Crippen molar-refractivity contribution in [3.8, 4) is 12.3 Å². The monoisotopic (exact) mass is 220 g/mol. The molecule has 0 saturated heterocycles. The van der Waals surface area contributed by atoms with Crippen LogP contribution >= 0.6 is 0 Å². The minimum atomic E-state index is 0.325. The molecule has 0 spiro atoms. The minimum Gasteiger partial charge on any atom is -0.299 e. The van der Waals surface area contributed by atoms with E-state index in [9.17, 15) is 4.79 Å². The van der Waals surface area contributed by atoms with Gasteiger partial charge in [-0.25, -0.2) is 0 Å². The van der Waals surface area contributed by atoms with Crippen molar-refractivity contribution in [2.75, 3.05) is 0 Å². The molecule has 1 saturated carbocycles. The van der Waals surface area contributed by atoms with E-state index in [4.69, 9.17) is 6.42 Å². The average Bonchev–Trinajstić information content (AvgIpc) is 2.34. The highest BCUT2D eigenvalue weighted by molar-refractivity contribution is 5.81. The second kappa shape index (κ2) is 7.49. The standard InChI is InChI=1S/C15H24O/c1-3-5-7-13-9-11-14(12-10-13)15(16)8-6-4-2/h2,13-14H,3,5-12H2,1H3. The molecule has 0 aromatic rings. The molecule has 1 heteroatoms. The SMILES string of the molecule is C#CCCC(=O)C1CCC(CCCC)CC1. The van der Waals surface area contributed by atoms with E-state index in [1.165, 1.54) is 32.1 Å². The summed E-state index contributed by atoms with van der Waals surface area (Å²) >= 11 is 0. The molecular weight excluding hydrogens is 196 g/mol. The predicted octanol–water partition coefficient (Wildman–Crippen LogP) is 3.97. The molecule has 90 valence electrons. The van der Waals surface area contributed by atoms with Gasteiger partial charge in [0.2, 0.25) is 0 Å². The maximum Gasteiger partial charge on any atom is 0.136 e. The average molecular weight is 220 g/mol. The molecule has 1 aliphatic rings. The van der Waals surface area contributed by atoms with Gasteiger partial charge < -0.3 is 0 Å². The zero-order valence-electron chi connectivity index (χ0n) is 10.5. The summed E-state index contributed by atoms with van der Waals surface area (Å²) in [6, 6.07) is 0. The van der Waals surface area contributed by atoms with Crippen molar-refractivity contribution in [3.63, 3.8) is 0 Å². The summed E-state index contributed by atoms with van der Waals surface area (Å²) < 4.78 is 0. The topological polar surface area (TPSA) is 17.1 Å². The van der Waals surface area contributed by atoms with Gasteiger partial charge in [0.1, 0.15) is 5.78 Å². The number of carbonyl (C=O) groups excluding carboxylic acids is 1. The molecular formula is C15H24O. The number of ketones is 1. The molecule has 1 fully saturated rings. The fourth-order valence-electron chi connectivity index (χ4n) is 2.67. The van der Waals surface area contributed by atoms with Gasteiger partial charge >= 0.3 is 0 Å². The van der Waals surface area contributed by atoms with Gasteiger partial charge in [-0.2, -0.15) is 0 Å². The van der Waals surface area contributed by atoms with Crippen molar-refractivity contribution in [2.45, 2.75) is 64.7 Å². The third-order valence-corrected chi connectivity index (χ3v) is 3.78. The first-order valence-electron chi connectivity index (χ1n) is 6.74. The van der Waals surface area contributed by atoms with Crippen molar-refractivity contribution in [1.82, 2.24) is 0 Å². The third-order valence-electron chi connectivity index (χ3n) is 3.78. The Hall–Kier alpha value is -0.770. The zero-order valence-corrected chi connectivity index (χ0v) is 10.5. The highest BCUT2D eigenvalue weighted by Gasteiger charge is 2.25. The van der Waals surface area contributed by atoms with E-state index < -0.39 is 0 Å². The fourth-order valence-corrected chi connectivity index (χ4v) is 2.67. The van der Waals surface area contributed by atoms with Crippen LogP contribution in [-0.4, -0.2) is 5.78 Å². The van der Waals surface area contributed by atoms with Gasteiger partial charge in [-0.3, -0.25) is 4.79 Å². The summed E-state index contributed by atoms with van der Waals surface area (Å²) in [5, 5.41) is 0. The van der Waals surface area contributed by atoms with Crippen molar-refractivity contribution in [3.05, 3.63) is 0 Å². The van der Waals surface area contributed by atoms with Gasteiger partial charge in [0.15, 0.2) is 0 Å². The summed E-state index contributed by atoms with van der Waals surface area (Å²) in [5.74, 6) is 4.17. The van der Waals surface area contributed by atoms with Crippen molar-refractivity contribution in [2.24, 2.45) is 11.8 Å². The second-order valence-corrected chi connectivity index (χ2v) is 5.03. The van der Waals surface area contributed by atoms with Crippen LogP contribution in [0.25, 0.3) is 0 Å². The molecule has 0 N–H and O–H groups in total. The summed E-state index contributed by atoms with van der Waals surface area (Å²) in [7, 11) is 0. The van der Waals surface area contributed by atoms with E-state index in [-0.39, 0.29) is 0 Å². The third kappa shape index (κ3) is 4.39. The van der Waals surface area contributed by atoms with Gasteiger partial charge in [-0.15, -0.1) is 12.3 Å². The Morgan fingerprint density at radius 1 is 1.31 bits per heavy atom. The minimum absolute atomic E-state index is 0.325. The van der Waals surface area contributed by atoms with Gasteiger partial charge in [0, 0.05) is 18.8 Å². The fraction of sp³-hybridized carbons (Fsp3) is 0.800. The number of carbonyl (C=O) groups is 1. The van der Waals surface area contributed by atoms with E-state index >= 15 is 0 Å². The van der Waals surface area contributed by atoms with Crippen LogP contribution in [0.5, 0.6) is 0 Å². The van der Waals surface area contributed by atoms with E-state index in [1.54, 1.807) is 0 Å². The molecule has 0 aliphatic heterocycles. The molecule has 0 aromatic heterocycles. The number of rotatable bonds is 6. The van der Waals surface area contributed by atoms with Crippen LogP contribution in [0.1, 0.15) is 64.7 Å². The molecule has 0 aromatic carbocycles. The van der Waals surface area contributed by atoms with Crippen molar-refractivity contribution >= 4 is 5.78 Å². The predicted molar refractivity (Wildman–Crippen MR) is 68.0 cm³/mol. The van der Waals surface area contributed by atoms with Gasteiger partial charge in [-0.05, 0) is 31.6 Å². The molecule has 1 rings (SSSR count).